The minimum Gasteiger partial charge on any atom is -0.418 e. The molecule has 94 valence electrons. The van der Waals surface area contributed by atoms with Gasteiger partial charge < -0.3 is 22.2 Å². The molecule has 1 unspecified atom stereocenters. The van der Waals surface area contributed by atoms with Crippen LogP contribution >= 0.6 is 0 Å². The van der Waals surface area contributed by atoms with Crippen molar-refractivity contribution >= 4 is 7.25 Å². The Bertz CT molecular complexity index is 131. The van der Waals surface area contributed by atoms with E-state index in [1.807, 2.05) is 0 Å². The summed E-state index contributed by atoms with van der Waals surface area (Å²) in [5.41, 5.74) is 0. The largest absolute Gasteiger partial charge is 0.673 e. The van der Waals surface area contributed by atoms with Gasteiger partial charge in [-0.2, -0.15) is 0 Å². The van der Waals surface area contributed by atoms with E-state index in [4.69, 9.17) is 0 Å². The van der Waals surface area contributed by atoms with Crippen LogP contribution in [0.25, 0.3) is 0 Å². The lowest BCUT2D eigenvalue weighted by Gasteiger charge is -2.22. The third-order valence-corrected chi connectivity index (χ3v) is 2.33. The number of nitrogens with one attached hydrogen (secondary N) is 1. The van der Waals surface area contributed by atoms with Crippen LogP contribution in [0.2, 0.25) is 0 Å². The van der Waals surface area contributed by atoms with Gasteiger partial charge in [0.05, 0.1) is 19.1 Å². The van der Waals surface area contributed by atoms with E-state index in [1.54, 1.807) is 4.90 Å². The van der Waals surface area contributed by atoms with E-state index in [9.17, 15) is 17.3 Å². The highest BCUT2D eigenvalue weighted by molar-refractivity contribution is 6.50. The zero-order valence-electron chi connectivity index (χ0n) is 9.99. The summed E-state index contributed by atoms with van der Waals surface area (Å²) in [5, 5.41) is 0. The zero-order chi connectivity index (χ0) is 12.5. The molecule has 0 heterocycles. The van der Waals surface area contributed by atoms with Crippen LogP contribution in [-0.2, 0) is 0 Å². The Morgan fingerprint density at radius 3 is 1.53 bits per heavy atom. The molecule has 0 aromatic rings. The van der Waals surface area contributed by atoms with Crippen molar-refractivity contribution in [3.63, 3.8) is 0 Å². The van der Waals surface area contributed by atoms with Crippen molar-refractivity contribution in [2.45, 2.75) is 46.6 Å². The van der Waals surface area contributed by atoms with E-state index in [1.165, 1.54) is 25.9 Å². The summed E-state index contributed by atoms with van der Waals surface area (Å²) in [4.78, 5) is 1.74. The summed E-state index contributed by atoms with van der Waals surface area (Å²) in [6, 6.07) is 0.861. The number of rotatable bonds is 5. The lowest BCUT2D eigenvalue weighted by molar-refractivity contribution is -0.920. The molecule has 6 heteroatoms. The molecule has 0 aliphatic carbocycles. The Morgan fingerprint density at radius 1 is 1.00 bits per heavy atom. The van der Waals surface area contributed by atoms with Gasteiger partial charge in [0.25, 0.3) is 0 Å². The van der Waals surface area contributed by atoms with Crippen molar-refractivity contribution < 1.29 is 22.2 Å². The predicted octanol–water partition coefficient (Wildman–Crippen LogP) is 2.40. The summed E-state index contributed by atoms with van der Waals surface area (Å²) >= 11 is 0. The minimum atomic E-state index is -6.00. The lowest BCUT2D eigenvalue weighted by Crippen LogP contribution is -3.14. The molecular weight excluding hydrogens is 209 g/mol. The molecule has 0 aromatic carbocycles. The molecule has 0 aliphatic rings. The van der Waals surface area contributed by atoms with E-state index in [0.717, 1.165) is 6.04 Å². The molecule has 1 nitrogen and oxygen atoms in total. The molecule has 0 amide bonds. The second-order valence-electron chi connectivity index (χ2n) is 3.55. The third kappa shape index (κ3) is 16.4. The first-order valence-corrected chi connectivity index (χ1v) is 5.48. The Hall–Kier alpha value is -0.255. The minimum absolute atomic E-state index is 0.861. The second-order valence-corrected chi connectivity index (χ2v) is 3.55. The maximum atomic E-state index is 9.75. The number of hydrogen-bond donors (Lipinski definition) is 1. The van der Waals surface area contributed by atoms with Gasteiger partial charge in [0.15, 0.2) is 0 Å². The third-order valence-electron chi connectivity index (χ3n) is 2.33. The first-order chi connectivity index (χ1) is 6.76. The molecule has 15 heavy (non-hydrogen) atoms. The van der Waals surface area contributed by atoms with Crippen LogP contribution in [0.4, 0.5) is 17.3 Å². The summed E-state index contributed by atoms with van der Waals surface area (Å²) < 4.78 is 39.0. The van der Waals surface area contributed by atoms with Gasteiger partial charge in [-0.1, -0.05) is 13.3 Å². The Labute approximate surface area is 89.9 Å². The van der Waals surface area contributed by atoms with Crippen molar-refractivity contribution in [1.29, 1.82) is 0 Å². The van der Waals surface area contributed by atoms with Gasteiger partial charge in [0.1, 0.15) is 0 Å². The molecule has 0 radical (unpaired) electrons. The van der Waals surface area contributed by atoms with Crippen molar-refractivity contribution in [3.05, 3.63) is 0 Å². The Balaban J connectivity index is 0. The van der Waals surface area contributed by atoms with Gasteiger partial charge >= 0.3 is 7.25 Å². The summed E-state index contributed by atoms with van der Waals surface area (Å²) in [6.45, 7) is 11.7. The van der Waals surface area contributed by atoms with Gasteiger partial charge in [0.2, 0.25) is 0 Å². The van der Waals surface area contributed by atoms with Crippen LogP contribution in [0.1, 0.15) is 40.5 Å². The van der Waals surface area contributed by atoms with E-state index in [-0.39, 0.29) is 0 Å². The van der Waals surface area contributed by atoms with Crippen LogP contribution < -0.4 is 4.90 Å². The fraction of sp³-hybridized carbons (Fsp3) is 1.00. The lowest BCUT2D eigenvalue weighted by atomic mass is 10.1. The standard InChI is InChI=1S/C9H21N.BF4/c1-5-8-9(4)10(6-2)7-3;2-1(3,4)5/h9H,5-8H2,1-4H3;/q;-1/p+1. The van der Waals surface area contributed by atoms with Gasteiger partial charge in [-0.15, -0.1) is 0 Å². The molecule has 1 N–H and O–H groups in total. The van der Waals surface area contributed by atoms with Crippen molar-refractivity contribution in [1.82, 2.24) is 0 Å². The average molecular weight is 231 g/mol. The zero-order valence-corrected chi connectivity index (χ0v) is 9.99. The molecule has 0 saturated carbocycles. The fourth-order valence-corrected chi connectivity index (χ4v) is 1.58. The molecule has 0 rings (SSSR count). The molecule has 0 fully saturated rings. The Morgan fingerprint density at radius 2 is 1.33 bits per heavy atom. The second kappa shape index (κ2) is 9.01. The first kappa shape index (κ1) is 17.1. The first-order valence-electron chi connectivity index (χ1n) is 5.48. The van der Waals surface area contributed by atoms with Crippen LogP contribution in [0.15, 0.2) is 0 Å². The van der Waals surface area contributed by atoms with E-state index in [0.29, 0.717) is 0 Å². The number of hydrogen-bond acceptors (Lipinski definition) is 0. The highest BCUT2D eigenvalue weighted by Crippen LogP contribution is 2.06. The van der Waals surface area contributed by atoms with Crippen molar-refractivity contribution in [2.75, 3.05) is 13.1 Å². The van der Waals surface area contributed by atoms with Crippen molar-refractivity contribution in [3.8, 4) is 0 Å². The molecular formula is C9H22BF4N. The monoisotopic (exact) mass is 231 g/mol. The molecule has 1 atom stereocenters. The molecule has 0 bridgehead atoms. The summed E-state index contributed by atoms with van der Waals surface area (Å²) in [5.74, 6) is 0. The van der Waals surface area contributed by atoms with Gasteiger partial charge in [-0.3, -0.25) is 0 Å². The molecule has 0 aromatic heterocycles. The Kier molecular flexibility index (Phi) is 10.3. The molecule has 0 spiro atoms. The molecule has 0 aliphatic heterocycles. The van der Waals surface area contributed by atoms with E-state index in [2.05, 4.69) is 27.7 Å². The fourth-order valence-electron chi connectivity index (χ4n) is 1.58. The quantitative estimate of drug-likeness (QED) is 0.547. The van der Waals surface area contributed by atoms with E-state index < -0.39 is 7.25 Å². The maximum Gasteiger partial charge on any atom is 0.673 e. The molecule has 0 saturated heterocycles. The van der Waals surface area contributed by atoms with Gasteiger partial charge in [0, 0.05) is 0 Å². The number of halogens is 4. The normalized spacial score (nSPS) is 13.4. The highest BCUT2D eigenvalue weighted by Gasteiger charge is 2.20. The van der Waals surface area contributed by atoms with E-state index >= 15 is 0 Å². The summed E-state index contributed by atoms with van der Waals surface area (Å²) in [6.07, 6.45) is 2.70. The van der Waals surface area contributed by atoms with Crippen LogP contribution in [-0.4, -0.2) is 26.4 Å². The highest BCUT2D eigenvalue weighted by atomic mass is 19.5. The summed E-state index contributed by atoms with van der Waals surface area (Å²) in [7, 11) is -6.00. The maximum absolute atomic E-state index is 9.75. The smallest absolute Gasteiger partial charge is 0.418 e. The topological polar surface area (TPSA) is 4.44 Å². The van der Waals surface area contributed by atoms with Gasteiger partial charge in [-0.05, 0) is 27.2 Å². The van der Waals surface area contributed by atoms with Crippen molar-refractivity contribution in [2.24, 2.45) is 0 Å². The van der Waals surface area contributed by atoms with Gasteiger partial charge in [-0.25, -0.2) is 0 Å². The van der Waals surface area contributed by atoms with Crippen LogP contribution in [0.5, 0.6) is 0 Å². The van der Waals surface area contributed by atoms with Crippen LogP contribution in [0.3, 0.4) is 0 Å². The SMILES string of the molecule is CCCC(C)[NH+](CC)CC.F[B-](F)(F)F. The number of quaternary nitrogens is 1. The average Bonchev–Trinajstić information content (AvgIpc) is 2.03. The van der Waals surface area contributed by atoms with Crippen LogP contribution in [0, 0.1) is 0 Å². The predicted molar refractivity (Wildman–Crippen MR) is 56.6 cm³/mol.